The van der Waals surface area contributed by atoms with Crippen molar-refractivity contribution in [2.45, 2.75) is 12.8 Å². The highest BCUT2D eigenvalue weighted by Crippen LogP contribution is 2.19. The molecule has 0 aliphatic rings. The molecule has 1 amide bonds. The van der Waals surface area contributed by atoms with Gasteiger partial charge in [0.1, 0.15) is 9.21 Å². The van der Waals surface area contributed by atoms with E-state index in [-0.39, 0.29) is 5.91 Å². The largest absolute Gasteiger partial charge is 0.399 e. The Morgan fingerprint density at radius 3 is 2.85 bits per heavy atom. The summed E-state index contributed by atoms with van der Waals surface area (Å²) in [6.45, 7) is 0. The Kier molecular flexibility index (Phi) is 5.08. The van der Waals surface area contributed by atoms with Crippen LogP contribution in [0.4, 0.5) is 11.5 Å². The minimum atomic E-state index is -0.121. The Morgan fingerprint density at radius 2 is 2.15 bits per heavy atom. The van der Waals surface area contributed by atoms with Crippen molar-refractivity contribution in [3.63, 3.8) is 0 Å². The molecule has 0 saturated heterocycles. The molecular formula is C13H12Br2N4O. The van der Waals surface area contributed by atoms with E-state index in [0.29, 0.717) is 33.6 Å². The Balaban J connectivity index is 1.92. The predicted molar refractivity (Wildman–Crippen MR) is 85.2 cm³/mol. The fourth-order valence-corrected chi connectivity index (χ4v) is 2.54. The quantitative estimate of drug-likeness (QED) is 0.773. The van der Waals surface area contributed by atoms with Gasteiger partial charge in [0.05, 0.1) is 6.20 Å². The van der Waals surface area contributed by atoms with Crippen LogP contribution < -0.4 is 11.1 Å². The van der Waals surface area contributed by atoms with Gasteiger partial charge < -0.3 is 11.1 Å². The first-order chi connectivity index (χ1) is 9.54. The van der Waals surface area contributed by atoms with Crippen LogP contribution in [0.3, 0.4) is 0 Å². The van der Waals surface area contributed by atoms with Crippen LogP contribution in [0.15, 0.2) is 39.7 Å². The molecule has 0 saturated carbocycles. The van der Waals surface area contributed by atoms with Crippen LogP contribution >= 0.6 is 31.9 Å². The van der Waals surface area contributed by atoms with Crippen molar-refractivity contribution in [1.29, 1.82) is 0 Å². The van der Waals surface area contributed by atoms with Crippen molar-refractivity contribution in [3.05, 3.63) is 45.2 Å². The number of nitrogens with zero attached hydrogens (tertiary/aromatic N) is 2. The first kappa shape index (κ1) is 14.9. The topological polar surface area (TPSA) is 80.9 Å². The highest BCUT2D eigenvalue weighted by molar-refractivity contribution is 9.11. The summed E-state index contributed by atoms with van der Waals surface area (Å²) in [4.78, 5) is 20.0. The maximum atomic E-state index is 11.9. The molecule has 0 aliphatic carbocycles. The molecule has 0 fully saturated rings. The number of carbonyl (C=O) groups excluding carboxylic acids is 1. The molecule has 2 aromatic rings. The number of hydrogen-bond donors (Lipinski definition) is 2. The Bertz CT molecular complexity index is 634. The van der Waals surface area contributed by atoms with E-state index in [2.05, 4.69) is 47.1 Å². The van der Waals surface area contributed by atoms with Crippen LogP contribution in [0, 0.1) is 0 Å². The smallest absolute Gasteiger partial charge is 0.225 e. The lowest BCUT2D eigenvalue weighted by atomic mass is 10.1. The van der Waals surface area contributed by atoms with Crippen molar-refractivity contribution in [1.82, 2.24) is 9.97 Å². The second kappa shape index (κ2) is 6.81. The van der Waals surface area contributed by atoms with Gasteiger partial charge >= 0.3 is 0 Å². The summed E-state index contributed by atoms with van der Waals surface area (Å²) in [6.07, 6.45) is 2.50. The van der Waals surface area contributed by atoms with Crippen LogP contribution in [-0.2, 0) is 11.2 Å². The van der Waals surface area contributed by atoms with E-state index in [9.17, 15) is 4.79 Å². The van der Waals surface area contributed by atoms with Gasteiger partial charge in [-0.05, 0) is 56.0 Å². The summed E-state index contributed by atoms with van der Waals surface area (Å²) in [5, 5.41) is 2.71. The molecule has 1 heterocycles. The molecule has 0 spiro atoms. The minimum absolute atomic E-state index is 0.121. The molecule has 1 aromatic heterocycles. The third-order valence-electron chi connectivity index (χ3n) is 2.55. The molecule has 1 aromatic carbocycles. The molecule has 0 atom stereocenters. The maximum Gasteiger partial charge on any atom is 0.225 e. The summed E-state index contributed by atoms with van der Waals surface area (Å²) in [5.41, 5.74) is 7.42. The van der Waals surface area contributed by atoms with E-state index in [1.807, 2.05) is 24.3 Å². The van der Waals surface area contributed by atoms with Gasteiger partial charge in [-0.1, -0.05) is 12.1 Å². The van der Waals surface area contributed by atoms with Crippen molar-refractivity contribution in [2.24, 2.45) is 0 Å². The highest BCUT2D eigenvalue weighted by Gasteiger charge is 2.08. The third-order valence-corrected chi connectivity index (χ3v) is 3.49. The molecule has 0 unspecified atom stereocenters. The molecule has 2 rings (SSSR count). The molecule has 20 heavy (non-hydrogen) atoms. The van der Waals surface area contributed by atoms with Crippen molar-refractivity contribution in [3.8, 4) is 0 Å². The zero-order chi connectivity index (χ0) is 14.5. The number of aryl methyl sites for hydroxylation is 1. The zero-order valence-corrected chi connectivity index (χ0v) is 13.6. The van der Waals surface area contributed by atoms with Gasteiger partial charge in [0.2, 0.25) is 5.91 Å². The standard InChI is InChI=1S/C13H12Br2N4O/c14-10-7-17-13(12(15)18-10)19-11(20)5-4-8-2-1-3-9(16)6-8/h1-3,6-7H,4-5,16H2,(H,17,19,20). The van der Waals surface area contributed by atoms with Crippen LogP contribution in [0.1, 0.15) is 12.0 Å². The number of anilines is 2. The van der Waals surface area contributed by atoms with Crippen LogP contribution in [0.25, 0.3) is 0 Å². The lowest BCUT2D eigenvalue weighted by molar-refractivity contribution is -0.116. The van der Waals surface area contributed by atoms with Gasteiger partial charge in [0.15, 0.2) is 5.82 Å². The molecule has 0 radical (unpaired) electrons. The minimum Gasteiger partial charge on any atom is -0.399 e. The molecule has 0 aliphatic heterocycles. The van der Waals surface area contributed by atoms with E-state index in [1.165, 1.54) is 6.20 Å². The number of aromatic nitrogens is 2. The van der Waals surface area contributed by atoms with Crippen LogP contribution in [0.2, 0.25) is 0 Å². The maximum absolute atomic E-state index is 11.9. The summed E-state index contributed by atoms with van der Waals surface area (Å²) >= 11 is 6.45. The number of halogens is 2. The molecule has 0 bridgehead atoms. The normalized spacial score (nSPS) is 10.3. The number of rotatable bonds is 4. The molecule has 5 nitrogen and oxygen atoms in total. The van der Waals surface area contributed by atoms with E-state index in [1.54, 1.807) is 0 Å². The lowest BCUT2D eigenvalue weighted by Crippen LogP contribution is -2.14. The summed E-state index contributed by atoms with van der Waals surface area (Å²) in [7, 11) is 0. The van der Waals surface area contributed by atoms with Gasteiger partial charge in [-0.2, -0.15) is 0 Å². The number of hydrogen-bond acceptors (Lipinski definition) is 4. The Hall–Kier alpha value is -1.47. The second-order valence-electron chi connectivity index (χ2n) is 4.13. The summed E-state index contributed by atoms with van der Waals surface area (Å²) in [6, 6.07) is 7.50. The van der Waals surface area contributed by atoms with E-state index in [4.69, 9.17) is 5.73 Å². The molecule has 104 valence electrons. The van der Waals surface area contributed by atoms with Gasteiger partial charge in [0, 0.05) is 12.1 Å². The zero-order valence-electron chi connectivity index (χ0n) is 10.4. The first-order valence-corrected chi connectivity index (χ1v) is 7.45. The van der Waals surface area contributed by atoms with Crippen molar-refractivity contribution >= 4 is 49.3 Å². The average Bonchev–Trinajstić information content (AvgIpc) is 2.40. The Labute approximate surface area is 133 Å². The predicted octanol–water partition coefficient (Wildman–Crippen LogP) is 3.16. The highest BCUT2D eigenvalue weighted by atomic mass is 79.9. The number of carbonyl (C=O) groups is 1. The van der Waals surface area contributed by atoms with Crippen LogP contribution in [0.5, 0.6) is 0 Å². The lowest BCUT2D eigenvalue weighted by Gasteiger charge is -2.06. The van der Waals surface area contributed by atoms with Gasteiger partial charge in [-0.25, -0.2) is 9.97 Å². The monoisotopic (exact) mass is 398 g/mol. The fourth-order valence-electron chi connectivity index (χ4n) is 1.63. The number of nitrogens with one attached hydrogen (secondary N) is 1. The van der Waals surface area contributed by atoms with Crippen LogP contribution in [-0.4, -0.2) is 15.9 Å². The fraction of sp³-hybridized carbons (Fsp3) is 0.154. The second-order valence-corrected chi connectivity index (χ2v) is 5.69. The summed E-state index contributed by atoms with van der Waals surface area (Å²) < 4.78 is 1.09. The Morgan fingerprint density at radius 1 is 1.35 bits per heavy atom. The number of nitrogens with two attached hydrogens (primary N) is 1. The van der Waals surface area contributed by atoms with Gasteiger partial charge in [0.25, 0.3) is 0 Å². The number of nitrogen functional groups attached to an aromatic ring is 1. The van der Waals surface area contributed by atoms with E-state index in [0.717, 1.165) is 5.56 Å². The van der Waals surface area contributed by atoms with Crippen molar-refractivity contribution in [2.75, 3.05) is 11.1 Å². The summed E-state index contributed by atoms with van der Waals surface area (Å²) in [5.74, 6) is 0.288. The van der Waals surface area contributed by atoms with E-state index >= 15 is 0 Å². The third kappa shape index (κ3) is 4.28. The van der Waals surface area contributed by atoms with Gasteiger partial charge in [-0.3, -0.25) is 4.79 Å². The molecule has 3 N–H and O–H groups in total. The molecular weight excluding hydrogens is 388 g/mol. The van der Waals surface area contributed by atoms with Gasteiger partial charge in [-0.15, -0.1) is 0 Å². The SMILES string of the molecule is Nc1cccc(CCC(=O)Nc2ncc(Br)nc2Br)c1. The number of amides is 1. The molecule has 7 heteroatoms. The van der Waals surface area contributed by atoms with E-state index < -0.39 is 0 Å². The number of benzene rings is 1. The van der Waals surface area contributed by atoms with Crippen molar-refractivity contribution < 1.29 is 4.79 Å². The first-order valence-electron chi connectivity index (χ1n) is 5.87. The average molecular weight is 400 g/mol.